The zero-order valence-electron chi connectivity index (χ0n) is 13.3. The largest absolute Gasteiger partial charge is 0.348 e. The number of carbonyl (C=O) groups is 1. The molecular formula is C19H24N2OS. The molecule has 3 nitrogen and oxygen atoms in total. The van der Waals surface area contributed by atoms with Crippen LogP contribution in [0.15, 0.2) is 47.8 Å². The fourth-order valence-electron chi connectivity index (χ4n) is 3.50. The summed E-state index contributed by atoms with van der Waals surface area (Å²) in [7, 11) is 0. The predicted molar refractivity (Wildman–Crippen MR) is 95.2 cm³/mol. The van der Waals surface area contributed by atoms with Crippen LogP contribution in [0.25, 0.3) is 0 Å². The average molecular weight is 328 g/mol. The molecule has 122 valence electrons. The Morgan fingerprint density at radius 2 is 2.04 bits per heavy atom. The number of benzene rings is 1. The maximum Gasteiger partial charge on any atom is 0.223 e. The van der Waals surface area contributed by atoms with E-state index >= 15 is 0 Å². The van der Waals surface area contributed by atoms with Crippen molar-refractivity contribution in [2.24, 2.45) is 17.6 Å². The van der Waals surface area contributed by atoms with Crippen LogP contribution in [0.4, 0.5) is 0 Å². The second-order valence-corrected chi connectivity index (χ2v) is 7.28. The van der Waals surface area contributed by atoms with Crippen LogP contribution in [-0.2, 0) is 11.2 Å². The molecule has 0 spiro atoms. The number of hydrogen-bond donors (Lipinski definition) is 2. The third kappa shape index (κ3) is 4.01. The highest BCUT2D eigenvalue weighted by Gasteiger charge is 2.33. The first-order valence-electron chi connectivity index (χ1n) is 8.35. The molecule has 0 radical (unpaired) electrons. The summed E-state index contributed by atoms with van der Waals surface area (Å²) in [5.41, 5.74) is 7.08. The summed E-state index contributed by atoms with van der Waals surface area (Å²) in [6.45, 7) is 0.612. The molecule has 1 fully saturated rings. The monoisotopic (exact) mass is 328 g/mol. The van der Waals surface area contributed by atoms with Crippen molar-refractivity contribution >= 4 is 17.2 Å². The van der Waals surface area contributed by atoms with Crippen LogP contribution in [-0.4, -0.2) is 12.5 Å². The summed E-state index contributed by atoms with van der Waals surface area (Å²) in [4.78, 5) is 14.0. The lowest BCUT2D eigenvalue weighted by Gasteiger charge is -2.23. The molecule has 1 heterocycles. The molecule has 1 aliphatic rings. The van der Waals surface area contributed by atoms with E-state index in [1.807, 2.05) is 24.3 Å². The lowest BCUT2D eigenvalue weighted by atomic mass is 9.94. The standard InChI is InChI=1S/C19H24N2OS/c20-13-15-8-4-9-16(15)19(22)21-17(18-10-5-11-23-18)12-14-6-2-1-3-7-14/h1-3,5-7,10-11,15-17H,4,8-9,12-13,20H2,(H,21,22)/t15-,16-,17?/m1/s1. The van der Waals surface area contributed by atoms with Crippen LogP contribution in [0.1, 0.15) is 35.7 Å². The normalized spacial score (nSPS) is 22.0. The highest BCUT2D eigenvalue weighted by molar-refractivity contribution is 7.10. The summed E-state index contributed by atoms with van der Waals surface area (Å²) < 4.78 is 0. The van der Waals surface area contributed by atoms with Crippen LogP contribution in [0.5, 0.6) is 0 Å². The summed E-state index contributed by atoms with van der Waals surface area (Å²) in [6, 6.07) is 14.5. The maximum absolute atomic E-state index is 12.7. The van der Waals surface area contributed by atoms with Crippen molar-refractivity contribution in [3.63, 3.8) is 0 Å². The first-order valence-corrected chi connectivity index (χ1v) is 9.23. The van der Waals surface area contributed by atoms with E-state index in [1.54, 1.807) is 11.3 Å². The summed E-state index contributed by atoms with van der Waals surface area (Å²) in [6.07, 6.45) is 3.99. The third-order valence-corrected chi connectivity index (χ3v) is 5.77. The molecule has 1 unspecified atom stereocenters. The number of thiophene rings is 1. The topological polar surface area (TPSA) is 55.1 Å². The molecule has 1 aliphatic carbocycles. The van der Waals surface area contributed by atoms with Gasteiger partial charge in [0, 0.05) is 10.8 Å². The zero-order chi connectivity index (χ0) is 16.1. The fourth-order valence-corrected chi connectivity index (χ4v) is 4.28. The van der Waals surface area contributed by atoms with E-state index in [1.165, 1.54) is 10.4 Å². The Labute approximate surface area is 141 Å². The van der Waals surface area contributed by atoms with Gasteiger partial charge in [-0.1, -0.05) is 42.8 Å². The van der Waals surface area contributed by atoms with E-state index in [0.717, 1.165) is 25.7 Å². The van der Waals surface area contributed by atoms with E-state index < -0.39 is 0 Å². The van der Waals surface area contributed by atoms with Crippen molar-refractivity contribution in [3.8, 4) is 0 Å². The van der Waals surface area contributed by atoms with Crippen LogP contribution >= 0.6 is 11.3 Å². The summed E-state index contributed by atoms with van der Waals surface area (Å²) in [5.74, 6) is 0.598. The van der Waals surface area contributed by atoms with Crippen LogP contribution in [0.3, 0.4) is 0 Å². The van der Waals surface area contributed by atoms with Crippen molar-refractivity contribution in [1.82, 2.24) is 5.32 Å². The SMILES string of the molecule is NC[C@H]1CCC[C@H]1C(=O)NC(Cc1ccccc1)c1cccs1. The Hall–Kier alpha value is -1.65. The van der Waals surface area contributed by atoms with E-state index in [4.69, 9.17) is 5.73 Å². The molecule has 3 N–H and O–H groups in total. The van der Waals surface area contributed by atoms with Crippen LogP contribution in [0.2, 0.25) is 0 Å². The third-order valence-electron chi connectivity index (χ3n) is 4.78. The Kier molecular flexibility index (Phi) is 5.47. The lowest BCUT2D eigenvalue weighted by molar-refractivity contribution is -0.126. The van der Waals surface area contributed by atoms with Gasteiger partial charge in [-0.3, -0.25) is 4.79 Å². The highest BCUT2D eigenvalue weighted by Crippen LogP contribution is 2.32. The first kappa shape index (κ1) is 16.2. The van der Waals surface area contributed by atoms with Crippen molar-refractivity contribution in [3.05, 3.63) is 58.3 Å². The fraction of sp³-hybridized carbons (Fsp3) is 0.421. The van der Waals surface area contributed by atoms with Crippen LogP contribution in [0, 0.1) is 11.8 Å². The minimum atomic E-state index is 0.0453. The van der Waals surface area contributed by atoms with Gasteiger partial charge in [0.05, 0.1) is 6.04 Å². The molecule has 0 bridgehead atoms. The maximum atomic E-state index is 12.7. The number of nitrogens with two attached hydrogens (primary N) is 1. The van der Waals surface area contributed by atoms with Gasteiger partial charge in [-0.15, -0.1) is 11.3 Å². The van der Waals surface area contributed by atoms with Crippen molar-refractivity contribution in [2.75, 3.05) is 6.54 Å². The van der Waals surface area contributed by atoms with Crippen molar-refractivity contribution in [1.29, 1.82) is 0 Å². The van der Waals surface area contributed by atoms with Crippen LogP contribution < -0.4 is 11.1 Å². The molecule has 1 amide bonds. The molecule has 23 heavy (non-hydrogen) atoms. The van der Waals surface area contributed by atoms with Gasteiger partial charge in [-0.2, -0.15) is 0 Å². The molecule has 3 rings (SSSR count). The average Bonchev–Trinajstić information content (AvgIpc) is 3.26. The van der Waals surface area contributed by atoms with Gasteiger partial charge in [-0.25, -0.2) is 0 Å². The zero-order valence-corrected chi connectivity index (χ0v) is 14.1. The quantitative estimate of drug-likeness (QED) is 0.852. The minimum Gasteiger partial charge on any atom is -0.348 e. The molecule has 3 atom stereocenters. The molecule has 2 aromatic rings. The predicted octanol–water partition coefficient (Wildman–Crippen LogP) is 3.52. The van der Waals surface area contributed by atoms with E-state index in [9.17, 15) is 4.79 Å². The Balaban J connectivity index is 1.72. The van der Waals surface area contributed by atoms with E-state index in [0.29, 0.717) is 12.5 Å². The molecule has 1 aromatic carbocycles. The second-order valence-electron chi connectivity index (χ2n) is 6.30. The number of hydrogen-bond acceptors (Lipinski definition) is 3. The molecule has 1 saturated carbocycles. The van der Waals surface area contributed by atoms with Gasteiger partial charge in [-0.05, 0) is 48.7 Å². The molecule has 0 aliphatic heterocycles. The van der Waals surface area contributed by atoms with Gasteiger partial charge in [0.25, 0.3) is 0 Å². The number of rotatable bonds is 6. The first-order chi connectivity index (χ1) is 11.3. The minimum absolute atomic E-state index is 0.0453. The number of amides is 1. The molecule has 0 saturated heterocycles. The summed E-state index contributed by atoms with van der Waals surface area (Å²) >= 11 is 1.70. The van der Waals surface area contributed by atoms with Gasteiger partial charge >= 0.3 is 0 Å². The van der Waals surface area contributed by atoms with Crippen molar-refractivity contribution in [2.45, 2.75) is 31.7 Å². The van der Waals surface area contributed by atoms with Gasteiger partial charge in [0.2, 0.25) is 5.91 Å². The Bertz CT molecular complexity index is 612. The molecular weight excluding hydrogens is 304 g/mol. The van der Waals surface area contributed by atoms with E-state index in [-0.39, 0.29) is 17.9 Å². The van der Waals surface area contributed by atoms with E-state index in [2.05, 4.69) is 28.9 Å². The number of nitrogens with one attached hydrogen (secondary N) is 1. The lowest BCUT2D eigenvalue weighted by Crippen LogP contribution is -2.37. The summed E-state index contributed by atoms with van der Waals surface area (Å²) in [5, 5.41) is 5.36. The second kappa shape index (κ2) is 7.75. The smallest absolute Gasteiger partial charge is 0.223 e. The van der Waals surface area contributed by atoms with Gasteiger partial charge < -0.3 is 11.1 Å². The Morgan fingerprint density at radius 3 is 2.74 bits per heavy atom. The number of carbonyl (C=O) groups excluding carboxylic acids is 1. The van der Waals surface area contributed by atoms with Gasteiger partial charge in [0.1, 0.15) is 0 Å². The Morgan fingerprint density at radius 1 is 1.22 bits per heavy atom. The molecule has 1 aromatic heterocycles. The van der Waals surface area contributed by atoms with Crippen molar-refractivity contribution < 1.29 is 4.79 Å². The van der Waals surface area contributed by atoms with Gasteiger partial charge in [0.15, 0.2) is 0 Å². The molecule has 4 heteroatoms. The highest BCUT2D eigenvalue weighted by atomic mass is 32.1.